The summed E-state index contributed by atoms with van der Waals surface area (Å²) in [4.78, 5) is 7.41. The van der Waals surface area contributed by atoms with Crippen LogP contribution in [0.4, 0.5) is 5.13 Å². The molecule has 3 nitrogen and oxygen atoms in total. The van der Waals surface area contributed by atoms with Crippen LogP contribution in [-0.2, 0) is 0 Å². The fraction of sp³-hybridized carbons (Fsp3) is 0.417. The Hall–Kier alpha value is -0.550. The topological polar surface area (TPSA) is 37.0 Å². The van der Waals surface area contributed by atoms with Crippen molar-refractivity contribution in [2.75, 3.05) is 5.32 Å². The minimum absolute atomic E-state index is 0.322. The summed E-state index contributed by atoms with van der Waals surface area (Å²) in [6.07, 6.45) is 3.43. The normalized spacial score (nSPS) is 23.7. The van der Waals surface area contributed by atoms with Crippen molar-refractivity contribution in [2.45, 2.75) is 31.3 Å². The highest BCUT2D eigenvalue weighted by Crippen LogP contribution is 2.31. The van der Waals surface area contributed by atoms with Crippen LogP contribution in [-0.4, -0.2) is 17.1 Å². The van der Waals surface area contributed by atoms with E-state index in [9.17, 15) is 0 Å². The Kier molecular flexibility index (Phi) is 3.61. The van der Waals surface area contributed by atoms with Crippen molar-refractivity contribution in [1.82, 2.24) is 9.82 Å². The molecule has 0 aliphatic heterocycles. The molecular formula is C12H13Cl2N3S. The fourth-order valence-electron chi connectivity index (χ4n) is 2.38. The zero-order valence-electron chi connectivity index (χ0n) is 9.62. The van der Waals surface area contributed by atoms with Crippen molar-refractivity contribution < 1.29 is 0 Å². The monoisotopic (exact) mass is 301 g/mol. The van der Waals surface area contributed by atoms with Crippen molar-refractivity contribution in [3.8, 4) is 0 Å². The molecule has 1 aliphatic carbocycles. The molecule has 18 heavy (non-hydrogen) atoms. The van der Waals surface area contributed by atoms with Gasteiger partial charge in [-0.15, -0.1) is 0 Å². The van der Waals surface area contributed by atoms with E-state index >= 15 is 0 Å². The van der Waals surface area contributed by atoms with Crippen LogP contribution in [0, 0.1) is 0 Å². The second-order valence-electron chi connectivity index (χ2n) is 4.53. The summed E-state index contributed by atoms with van der Waals surface area (Å²) in [6, 6.07) is 6.45. The highest BCUT2D eigenvalue weighted by atomic mass is 35.5. The van der Waals surface area contributed by atoms with Gasteiger partial charge in [0.15, 0.2) is 5.13 Å². The van der Waals surface area contributed by atoms with Crippen molar-refractivity contribution in [3.63, 3.8) is 0 Å². The van der Waals surface area contributed by atoms with Crippen LogP contribution in [0.5, 0.6) is 0 Å². The van der Waals surface area contributed by atoms with Crippen LogP contribution in [0.2, 0.25) is 5.02 Å². The predicted molar refractivity (Wildman–Crippen MR) is 78.7 cm³/mol. The van der Waals surface area contributed by atoms with E-state index in [-0.39, 0.29) is 0 Å². The molecule has 1 fully saturated rings. The van der Waals surface area contributed by atoms with Crippen LogP contribution in [0.25, 0.3) is 10.2 Å². The first kappa shape index (κ1) is 12.5. The molecule has 0 bridgehead atoms. The number of rotatable bonds is 3. The summed E-state index contributed by atoms with van der Waals surface area (Å²) in [5.74, 6) is 0. The largest absolute Gasteiger partial charge is 0.357 e. The van der Waals surface area contributed by atoms with Crippen LogP contribution < -0.4 is 10.2 Å². The first-order valence-corrected chi connectivity index (χ1v) is 7.52. The van der Waals surface area contributed by atoms with E-state index in [4.69, 9.17) is 23.4 Å². The van der Waals surface area contributed by atoms with E-state index in [0.717, 1.165) is 33.2 Å². The lowest BCUT2D eigenvalue weighted by atomic mass is 10.2. The summed E-state index contributed by atoms with van der Waals surface area (Å²) in [6.45, 7) is 0. The summed E-state index contributed by atoms with van der Waals surface area (Å²) in [5, 5.41) is 5.16. The minimum Gasteiger partial charge on any atom is -0.357 e. The number of aromatic nitrogens is 1. The highest BCUT2D eigenvalue weighted by molar-refractivity contribution is 7.22. The highest BCUT2D eigenvalue weighted by Gasteiger charge is 2.27. The van der Waals surface area contributed by atoms with E-state index in [0.29, 0.717) is 12.1 Å². The molecule has 0 saturated heterocycles. The Morgan fingerprint density at radius 2 is 2.11 bits per heavy atom. The summed E-state index contributed by atoms with van der Waals surface area (Å²) in [5.41, 5.74) is 0.986. The number of fused-ring (bicyclic) bond motifs is 1. The predicted octanol–water partition coefficient (Wildman–Crippen LogP) is 4.03. The molecule has 0 unspecified atom stereocenters. The molecule has 1 heterocycles. The quantitative estimate of drug-likeness (QED) is 0.841. The lowest BCUT2D eigenvalue weighted by Crippen LogP contribution is -2.35. The second kappa shape index (κ2) is 5.21. The maximum atomic E-state index is 5.97. The number of thiazole rings is 1. The standard InChI is InChI=1S/C12H13Cl2N3S/c13-7-4-5-10-11(6-7)18-12(16-10)15-8-2-1-3-9(8)17-14/h4-6,8-9,17H,1-3H2,(H,15,16)/t8-,9-/m0/s1. The smallest absolute Gasteiger partial charge is 0.184 e. The Morgan fingerprint density at radius 3 is 2.94 bits per heavy atom. The molecule has 2 N–H and O–H groups in total. The number of anilines is 1. The molecule has 96 valence electrons. The van der Waals surface area contributed by atoms with E-state index < -0.39 is 0 Å². The van der Waals surface area contributed by atoms with Gasteiger partial charge in [0.25, 0.3) is 0 Å². The molecule has 2 atom stereocenters. The van der Waals surface area contributed by atoms with Gasteiger partial charge in [-0.1, -0.05) is 22.9 Å². The van der Waals surface area contributed by atoms with E-state index in [1.165, 1.54) is 6.42 Å². The van der Waals surface area contributed by atoms with Gasteiger partial charge in [0.05, 0.1) is 10.2 Å². The van der Waals surface area contributed by atoms with Crippen molar-refractivity contribution in [1.29, 1.82) is 0 Å². The van der Waals surface area contributed by atoms with Crippen LogP contribution in [0.3, 0.4) is 0 Å². The third-order valence-electron chi connectivity index (χ3n) is 3.32. The van der Waals surface area contributed by atoms with Gasteiger partial charge >= 0.3 is 0 Å². The van der Waals surface area contributed by atoms with E-state index in [2.05, 4.69) is 15.1 Å². The molecule has 1 aliphatic rings. The van der Waals surface area contributed by atoms with Gasteiger partial charge in [-0.3, -0.25) is 0 Å². The van der Waals surface area contributed by atoms with Crippen LogP contribution in [0.1, 0.15) is 19.3 Å². The Morgan fingerprint density at radius 1 is 1.28 bits per heavy atom. The van der Waals surface area contributed by atoms with E-state index in [1.807, 2.05) is 18.2 Å². The number of nitrogens with zero attached hydrogens (tertiary/aromatic N) is 1. The second-order valence-corrected chi connectivity index (χ2v) is 6.21. The zero-order valence-corrected chi connectivity index (χ0v) is 11.9. The number of hydrogen-bond donors (Lipinski definition) is 2. The summed E-state index contributed by atoms with van der Waals surface area (Å²) < 4.78 is 1.11. The summed E-state index contributed by atoms with van der Waals surface area (Å²) >= 11 is 13.4. The molecule has 1 saturated carbocycles. The summed E-state index contributed by atoms with van der Waals surface area (Å²) in [7, 11) is 0. The van der Waals surface area contributed by atoms with Gasteiger partial charge in [-0.05, 0) is 49.2 Å². The molecule has 0 amide bonds. The molecule has 1 aromatic heterocycles. The molecule has 0 spiro atoms. The minimum atomic E-state index is 0.322. The molecular weight excluding hydrogens is 289 g/mol. The van der Waals surface area contributed by atoms with Gasteiger partial charge in [-0.2, -0.15) is 0 Å². The molecule has 3 rings (SSSR count). The number of nitrogens with one attached hydrogen (secondary N) is 2. The zero-order chi connectivity index (χ0) is 12.5. The van der Waals surface area contributed by atoms with Gasteiger partial charge in [0, 0.05) is 17.1 Å². The Bertz CT molecular complexity index is 557. The van der Waals surface area contributed by atoms with Crippen molar-refractivity contribution in [2.24, 2.45) is 0 Å². The first-order valence-electron chi connectivity index (χ1n) is 5.95. The maximum absolute atomic E-state index is 5.97. The van der Waals surface area contributed by atoms with Gasteiger partial charge in [0.1, 0.15) is 0 Å². The maximum Gasteiger partial charge on any atom is 0.184 e. The molecule has 6 heteroatoms. The average Bonchev–Trinajstić information content (AvgIpc) is 2.94. The third-order valence-corrected chi connectivity index (χ3v) is 4.78. The number of benzene rings is 1. The Labute approximate surface area is 120 Å². The molecule has 2 aromatic rings. The number of hydrogen-bond acceptors (Lipinski definition) is 4. The van der Waals surface area contributed by atoms with Crippen LogP contribution in [0.15, 0.2) is 18.2 Å². The first-order chi connectivity index (χ1) is 8.76. The van der Waals surface area contributed by atoms with Crippen molar-refractivity contribution in [3.05, 3.63) is 23.2 Å². The number of halogens is 2. The van der Waals surface area contributed by atoms with Crippen molar-refractivity contribution >= 4 is 50.1 Å². The fourth-order valence-corrected chi connectivity index (χ4v) is 3.85. The molecule has 0 radical (unpaired) electrons. The lowest BCUT2D eigenvalue weighted by Gasteiger charge is -2.18. The van der Waals surface area contributed by atoms with E-state index in [1.54, 1.807) is 11.3 Å². The van der Waals surface area contributed by atoms with Gasteiger partial charge in [0.2, 0.25) is 0 Å². The van der Waals surface area contributed by atoms with Gasteiger partial charge in [-0.25, -0.2) is 9.82 Å². The average molecular weight is 302 g/mol. The lowest BCUT2D eigenvalue weighted by molar-refractivity contribution is 0.595. The third kappa shape index (κ3) is 2.43. The van der Waals surface area contributed by atoms with Crippen LogP contribution >= 0.6 is 34.7 Å². The molecule has 1 aromatic carbocycles. The SMILES string of the molecule is ClN[C@H]1CCC[C@@H]1Nc1nc2ccc(Cl)cc2s1. The van der Waals surface area contributed by atoms with Gasteiger partial charge < -0.3 is 5.32 Å². The Balaban J connectivity index is 1.82.